The van der Waals surface area contributed by atoms with Gasteiger partial charge in [0.25, 0.3) is 0 Å². The van der Waals surface area contributed by atoms with Crippen LogP contribution in [0.1, 0.15) is 20.8 Å². The Morgan fingerprint density at radius 2 is 2.00 bits per heavy atom. The van der Waals surface area contributed by atoms with Crippen LogP contribution in [0, 0.1) is 0 Å². The molecule has 0 saturated heterocycles. The summed E-state index contributed by atoms with van der Waals surface area (Å²) in [5.41, 5.74) is 0. The molecule has 0 saturated carbocycles. The fourth-order valence-electron chi connectivity index (χ4n) is 0.333. The first-order chi connectivity index (χ1) is 3.18. The van der Waals surface area contributed by atoms with Crippen LogP contribution in [0.5, 0.6) is 0 Å². The van der Waals surface area contributed by atoms with Gasteiger partial charge in [-0.05, 0) is 0 Å². The Morgan fingerprint density at radius 3 is 2.00 bits per heavy atom. The van der Waals surface area contributed by atoms with Crippen LogP contribution in [0.15, 0.2) is 0 Å². The zero-order chi connectivity index (χ0) is 5.86. The highest BCUT2D eigenvalue weighted by atomic mass is 32.2. The molecule has 0 aliphatic heterocycles. The lowest BCUT2D eigenvalue weighted by molar-refractivity contribution is 0.677. The fourth-order valence-corrected chi connectivity index (χ4v) is 1.00. The van der Waals surface area contributed by atoms with Crippen molar-refractivity contribution in [2.24, 2.45) is 0 Å². The maximum atomic E-state index is 10.6. The lowest BCUT2D eigenvalue weighted by atomic mass is 10.6. The average molecular weight is 120 g/mol. The van der Waals surface area contributed by atoms with Crippen molar-refractivity contribution in [2.75, 3.05) is 5.75 Å². The van der Waals surface area contributed by atoms with E-state index in [0.717, 1.165) is 5.75 Å². The van der Waals surface area contributed by atoms with E-state index >= 15 is 0 Å². The van der Waals surface area contributed by atoms with Crippen molar-refractivity contribution >= 4 is 10.8 Å². The minimum absolute atomic E-state index is 0.338. The number of hydrogen-bond donors (Lipinski definition) is 0. The van der Waals surface area contributed by atoms with Gasteiger partial charge in [0, 0.05) is 21.8 Å². The fraction of sp³-hybridized carbons (Fsp3) is 1.00. The van der Waals surface area contributed by atoms with Gasteiger partial charge in [0.2, 0.25) is 0 Å². The molecule has 0 heterocycles. The highest BCUT2D eigenvalue weighted by molar-refractivity contribution is 7.85. The third-order valence-electron chi connectivity index (χ3n) is 0.810. The second-order valence-electron chi connectivity index (χ2n) is 1.72. The molecule has 0 amide bonds. The second-order valence-corrected chi connectivity index (χ2v) is 4.00. The van der Waals surface area contributed by atoms with E-state index in [1.54, 1.807) is 0 Å². The summed E-state index contributed by atoms with van der Waals surface area (Å²) >= 11 is 0. The molecule has 0 rings (SSSR count). The van der Waals surface area contributed by atoms with E-state index in [1.165, 1.54) is 0 Å². The Labute approximate surface area is 47.6 Å². The molecule has 0 bridgehead atoms. The summed E-state index contributed by atoms with van der Waals surface area (Å²) in [6.07, 6.45) is 0. The van der Waals surface area contributed by atoms with E-state index in [2.05, 4.69) is 0 Å². The van der Waals surface area contributed by atoms with E-state index in [4.69, 9.17) is 0 Å². The Hall–Kier alpha value is 0.150. The molecule has 0 N–H and O–H groups in total. The molecule has 0 aromatic carbocycles. The lowest BCUT2D eigenvalue weighted by Crippen LogP contribution is -2.06. The Balaban J connectivity index is 3.35. The van der Waals surface area contributed by atoms with E-state index in [9.17, 15) is 4.21 Å². The standard InChI is InChI=1S/C5H12OS/c1-4-7(6)5(2)3/h5H,4H2,1-3H3/t7-/m0/s1. The van der Waals surface area contributed by atoms with Gasteiger partial charge in [-0.25, -0.2) is 0 Å². The third-order valence-corrected chi connectivity index (χ3v) is 2.43. The molecular formula is C5H12OS. The molecule has 1 nitrogen and oxygen atoms in total. The maximum Gasteiger partial charge on any atom is 0.0291 e. The Kier molecular flexibility index (Phi) is 3.26. The van der Waals surface area contributed by atoms with Gasteiger partial charge in [0.1, 0.15) is 0 Å². The molecule has 0 spiro atoms. The predicted molar refractivity (Wildman–Crippen MR) is 33.8 cm³/mol. The van der Waals surface area contributed by atoms with Gasteiger partial charge in [0.05, 0.1) is 0 Å². The molecular weight excluding hydrogens is 108 g/mol. The molecule has 0 radical (unpaired) electrons. The van der Waals surface area contributed by atoms with Crippen LogP contribution in [-0.4, -0.2) is 15.2 Å². The van der Waals surface area contributed by atoms with Crippen LogP contribution in [0.4, 0.5) is 0 Å². The predicted octanol–water partition coefficient (Wildman–Crippen LogP) is 1.16. The summed E-state index contributed by atoms with van der Waals surface area (Å²) in [6.45, 7) is 5.88. The molecule has 0 unspecified atom stereocenters. The summed E-state index contributed by atoms with van der Waals surface area (Å²) in [4.78, 5) is 0. The maximum absolute atomic E-state index is 10.6. The summed E-state index contributed by atoms with van der Waals surface area (Å²) < 4.78 is 10.6. The molecule has 0 aliphatic carbocycles. The van der Waals surface area contributed by atoms with E-state index in [0.29, 0.717) is 5.25 Å². The zero-order valence-electron chi connectivity index (χ0n) is 5.10. The monoisotopic (exact) mass is 120 g/mol. The van der Waals surface area contributed by atoms with Crippen LogP contribution in [0.25, 0.3) is 0 Å². The van der Waals surface area contributed by atoms with Crippen LogP contribution < -0.4 is 0 Å². The number of rotatable bonds is 2. The molecule has 0 aromatic heterocycles. The molecule has 2 heteroatoms. The van der Waals surface area contributed by atoms with Gasteiger partial charge in [-0.2, -0.15) is 0 Å². The SMILES string of the molecule is CC[S@](=O)C(C)C. The molecule has 44 valence electrons. The van der Waals surface area contributed by atoms with Crippen LogP contribution in [0.2, 0.25) is 0 Å². The topological polar surface area (TPSA) is 17.1 Å². The summed E-state index contributed by atoms with van der Waals surface area (Å²) in [5.74, 6) is 0.789. The number of hydrogen-bond acceptors (Lipinski definition) is 1. The van der Waals surface area contributed by atoms with Gasteiger partial charge in [-0.3, -0.25) is 4.21 Å². The zero-order valence-corrected chi connectivity index (χ0v) is 5.92. The molecule has 7 heavy (non-hydrogen) atoms. The van der Waals surface area contributed by atoms with Gasteiger partial charge in [-0.15, -0.1) is 0 Å². The highest BCUT2D eigenvalue weighted by Crippen LogP contribution is 1.91. The highest BCUT2D eigenvalue weighted by Gasteiger charge is 1.98. The summed E-state index contributed by atoms with van der Waals surface area (Å²) in [7, 11) is -0.579. The largest absolute Gasteiger partial charge is 0.259 e. The summed E-state index contributed by atoms with van der Waals surface area (Å²) in [6, 6.07) is 0. The molecule has 1 atom stereocenters. The van der Waals surface area contributed by atoms with Crippen molar-refractivity contribution in [1.29, 1.82) is 0 Å². The van der Waals surface area contributed by atoms with Gasteiger partial charge in [0.15, 0.2) is 0 Å². The van der Waals surface area contributed by atoms with Crippen molar-refractivity contribution in [3.05, 3.63) is 0 Å². The van der Waals surface area contributed by atoms with Crippen molar-refractivity contribution in [3.8, 4) is 0 Å². The quantitative estimate of drug-likeness (QED) is 0.534. The smallest absolute Gasteiger partial charge is 0.0291 e. The van der Waals surface area contributed by atoms with Crippen molar-refractivity contribution in [2.45, 2.75) is 26.0 Å². The van der Waals surface area contributed by atoms with E-state index in [1.807, 2.05) is 20.8 Å². The van der Waals surface area contributed by atoms with Crippen LogP contribution >= 0.6 is 0 Å². The average Bonchev–Trinajstić information content (AvgIpc) is 1.65. The van der Waals surface area contributed by atoms with Gasteiger partial charge < -0.3 is 0 Å². The Morgan fingerprint density at radius 1 is 1.57 bits per heavy atom. The minimum atomic E-state index is -0.579. The first-order valence-corrected chi connectivity index (χ1v) is 3.93. The summed E-state index contributed by atoms with van der Waals surface area (Å²) in [5, 5.41) is 0.338. The first-order valence-electron chi connectivity index (χ1n) is 2.55. The normalized spacial score (nSPS) is 14.9. The van der Waals surface area contributed by atoms with Crippen molar-refractivity contribution in [3.63, 3.8) is 0 Å². The molecule has 0 fully saturated rings. The van der Waals surface area contributed by atoms with Gasteiger partial charge >= 0.3 is 0 Å². The van der Waals surface area contributed by atoms with E-state index < -0.39 is 10.8 Å². The first kappa shape index (κ1) is 7.15. The second kappa shape index (κ2) is 3.19. The van der Waals surface area contributed by atoms with Crippen LogP contribution in [-0.2, 0) is 10.8 Å². The minimum Gasteiger partial charge on any atom is -0.259 e. The third kappa shape index (κ3) is 2.80. The lowest BCUT2D eigenvalue weighted by Gasteiger charge is -1.98. The van der Waals surface area contributed by atoms with Gasteiger partial charge in [-0.1, -0.05) is 20.8 Å². The van der Waals surface area contributed by atoms with Crippen molar-refractivity contribution in [1.82, 2.24) is 0 Å². The van der Waals surface area contributed by atoms with Crippen molar-refractivity contribution < 1.29 is 4.21 Å². The molecule has 0 aromatic rings. The molecule has 0 aliphatic rings. The van der Waals surface area contributed by atoms with E-state index in [-0.39, 0.29) is 0 Å². The van der Waals surface area contributed by atoms with Crippen LogP contribution in [0.3, 0.4) is 0 Å². The Bertz CT molecular complexity index is 68.5.